The number of carbonyl (C=O) groups is 2. The number of esters is 1. The average Bonchev–Trinajstić information content (AvgIpc) is 3.98. The summed E-state index contributed by atoms with van der Waals surface area (Å²) in [5.74, 6) is 0.0363. The molecule has 0 radical (unpaired) electrons. The zero-order chi connectivity index (χ0) is 42.0. The molecule has 0 spiro atoms. The maximum atomic E-state index is 12.7. The number of halogens is 2. The quantitative estimate of drug-likeness (QED) is 0.0637. The minimum absolute atomic E-state index is 0.0125. The Morgan fingerprint density at radius 1 is 0.807 bits per heavy atom. The highest BCUT2D eigenvalue weighted by Crippen LogP contribution is 2.31. The summed E-state index contributed by atoms with van der Waals surface area (Å²) in [6.07, 6.45) is 7.22. The Kier molecular flexibility index (Phi) is 18.7. The molecule has 57 heavy (non-hydrogen) atoms. The van der Waals surface area contributed by atoms with Crippen LogP contribution in [0.25, 0.3) is 0 Å². The molecule has 310 valence electrons. The van der Waals surface area contributed by atoms with Gasteiger partial charge in [0.15, 0.2) is 0 Å². The Hall–Kier alpha value is -4.77. The van der Waals surface area contributed by atoms with Crippen molar-refractivity contribution in [3.05, 3.63) is 112 Å². The number of nitrogens with two attached hydrogens (primary N) is 2. The molecule has 3 aromatic heterocycles. The molecular formula is C35H42Cl2N6O12S2. The number of carbonyl (C=O) groups excluding carboxylic acids is 2. The van der Waals surface area contributed by atoms with E-state index in [1.54, 1.807) is 24.3 Å². The van der Waals surface area contributed by atoms with Gasteiger partial charge >= 0.3 is 5.97 Å². The fraction of sp³-hybridized carbons (Fsp3) is 0.286. The minimum atomic E-state index is -4.10. The van der Waals surface area contributed by atoms with E-state index in [0.29, 0.717) is 42.7 Å². The highest BCUT2D eigenvalue weighted by molar-refractivity contribution is 7.89. The van der Waals surface area contributed by atoms with Crippen LogP contribution in [0.5, 0.6) is 0 Å². The summed E-state index contributed by atoms with van der Waals surface area (Å²) >= 11 is 12.0. The fourth-order valence-corrected chi connectivity index (χ4v) is 6.71. The molecule has 5 aromatic rings. The van der Waals surface area contributed by atoms with E-state index in [-0.39, 0.29) is 63.9 Å². The molecule has 3 heterocycles. The van der Waals surface area contributed by atoms with Gasteiger partial charge in [-0.2, -0.15) is 0 Å². The first-order chi connectivity index (χ1) is 27.1. The maximum Gasteiger partial charge on any atom is 0.340 e. The van der Waals surface area contributed by atoms with E-state index in [2.05, 4.69) is 15.6 Å². The lowest BCUT2D eigenvalue weighted by Gasteiger charge is -2.14. The first-order valence-electron chi connectivity index (χ1n) is 16.8. The van der Waals surface area contributed by atoms with Crippen molar-refractivity contribution >= 4 is 66.5 Å². The molecule has 18 nitrogen and oxygen atoms in total. The molecule has 0 aliphatic rings. The van der Waals surface area contributed by atoms with Gasteiger partial charge in [-0.25, -0.2) is 36.9 Å². The van der Waals surface area contributed by atoms with Gasteiger partial charge in [0.05, 0.1) is 72.3 Å². The minimum Gasteiger partial charge on any atom is -0.467 e. The molecule has 0 saturated heterocycles. The number of primary sulfonamides is 2. The van der Waals surface area contributed by atoms with E-state index in [1.807, 2.05) is 13.8 Å². The van der Waals surface area contributed by atoms with Gasteiger partial charge in [0, 0.05) is 31.3 Å². The van der Waals surface area contributed by atoms with Crippen molar-refractivity contribution in [3.63, 3.8) is 0 Å². The van der Waals surface area contributed by atoms with Gasteiger partial charge in [-0.3, -0.25) is 9.36 Å². The standard InChI is InChI=1S/C16H19ClN2O6S.C15H13ClN4O4S.C4H10O2/c1-2-23-6-7-25-16(20)12-8-15(26(18,21)22)13(17)9-14(12)19-10-11-4-3-5-24-11;16-12-7-13(19-8-10-2-1-5-24-10)11(6-14(12)25(17,22)23)15(21)20-4-3-18-9-20;1-2-6-4-3-5/h3-5,8-9,19H,2,6-7,10H2,1H3,(H2,18,21,22);1-7,9,19H,8H2,(H2,17,22,23);5H,2-4H2,1H3. The second-order valence-corrected chi connectivity index (χ2v) is 15.0. The Balaban J connectivity index is 0.000000267. The SMILES string of the molecule is CCOCCO.CCOCCOC(=O)c1cc(S(N)(=O)=O)c(Cl)cc1NCc1ccco1.NS(=O)(=O)c1cc(C(=O)n2ccnc2)c(NCc2ccco2)cc1Cl. The number of rotatable bonds is 17. The number of nitrogens with zero attached hydrogens (tertiary/aromatic N) is 2. The van der Waals surface area contributed by atoms with Gasteiger partial charge in [-0.05, 0) is 62.4 Å². The Morgan fingerprint density at radius 2 is 1.32 bits per heavy atom. The fourth-order valence-electron chi connectivity index (χ4n) is 4.51. The summed E-state index contributed by atoms with van der Waals surface area (Å²) in [5, 5.41) is 24.2. The Labute approximate surface area is 339 Å². The molecule has 0 amide bonds. The molecule has 0 aliphatic heterocycles. The summed E-state index contributed by atoms with van der Waals surface area (Å²) in [4.78, 5) is 28.1. The van der Waals surface area contributed by atoms with Gasteiger partial charge < -0.3 is 38.8 Å². The van der Waals surface area contributed by atoms with Crippen LogP contribution in [0.4, 0.5) is 11.4 Å². The second kappa shape index (κ2) is 22.8. The molecule has 0 saturated carbocycles. The molecule has 0 bridgehead atoms. The third-order valence-electron chi connectivity index (χ3n) is 7.12. The molecular weight excluding hydrogens is 831 g/mol. The van der Waals surface area contributed by atoms with Crippen LogP contribution in [0.1, 0.15) is 46.1 Å². The van der Waals surface area contributed by atoms with Crippen LogP contribution in [-0.2, 0) is 47.3 Å². The molecule has 22 heteroatoms. The van der Waals surface area contributed by atoms with Crippen LogP contribution in [0.15, 0.2) is 98.4 Å². The van der Waals surface area contributed by atoms with Crippen molar-refractivity contribution in [1.29, 1.82) is 0 Å². The number of furan rings is 2. The van der Waals surface area contributed by atoms with Gasteiger partial charge in [0.2, 0.25) is 20.0 Å². The average molecular weight is 874 g/mol. The molecule has 7 N–H and O–H groups in total. The van der Waals surface area contributed by atoms with E-state index < -0.39 is 31.9 Å². The highest BCUT2D eigenvalue weighted by atomic mass is 35.5. The van der Waals surface area contributed by atoms with Crippen LogP contribution < -0.4 is 20.9 Å². The number of nitrogens with one attached hydrogen (secondary N) is 2. The lowest BCUT2D eigenvalue weighted by Crippen LogP contribution is -2.17. The summed E-state index contributed by atoms with van der Waals surface area (Å²) < 4.78 is 73.3. The van der Waals surface area contributed by atoms with Crippen molar-refractivity contribution in [2.75, 3.05) is 50.3 Å². The summed E-state index contributed by atoms with van der Waals surface area (Å²) in [7, 11) is -8.19. The van der Waals surface area contributed by atoms with E-state index in [9.17, 15) is 26.4 Å². The zero-order valence-electron chi connectivity index (χ0n) is 30.7. The Morgan fingerprint density at radius 3 is 1.74 bits per heavy atom. The lowest BCUT2D eigenvalue weighted by atomic mass is 10.1. The number of benzene rings is 2. The number of anilines is 2. The number of hydrogen-bond acceptors (Lipinski definition) is 15. The van der Waals surface area contributed by atoms with Crippen molar-refractivity contribution in [2.45, 2.75) is 36.7 Å². The van der Waals surface area contributed by atoms with Crippen LogP contribution in [0, 0.1) is 0 Å². The monoisotopic (exact) mass is 872 g/mol. The van der Waals surface area contributed by atoms with Crippen molar-refractivity contribution in [1.82, 2.24) is 9.55 Å². The normalized spacial score (nSPS) is 11.1. The number of imidazole rings is 1. The lowest BCUT2D eigenvalue weighted by molar-refractivity contribution is 0.0336. The number of aromatic nitrogens is 2. The number of sulfonamides is 2. The molecule has 0 unspecified atom stereocenters. The highest BCUT2D eigenvalue weighted by Gasteiger charge is 2.23. The van der Waals surface area contributed by atoms with Crippen molar-refractivity contribution < 1.29 is 54.6 Å². The van der Waals surface area contributed by atoms with E-state index in [4.69, 9.17) is 61.6 Å². The molecule has 2 aromatic carbocycles. The van der Waals surface area contributed by atoms with Crippen LogP contribution in [0.3, 0.4) is 0 Å². The predicted molar refractivity (Wildman–Crippen MR) is 210 cm³/mol. The molecule has 5 rings (SSSR count). The largest absolute Gasteiger partial charge is 0.467 e. The van der Waals surface area contributed by atoms with E-state index in [1.165, 1.54) is 47.9 Å². The van der Waals surface area contributed by atoms with Crippen LogP contribution in [0.2, 0.25) is 10.0 Å². The smallest absolute Gasteiger partial charge is 0.340 e. The second-order valence-electron chi connectivity index (χ2n) is 11.1. The van der Waals surface area contributed by atoms with Crippen LogP contribution in [-0.4, -0.2) is 83.0 Å². The third kappa shape index (κ3) is 14.9. The van der Waals surface area contributed by atoms with Gasteiger partial charge in [0.25, 0.3) is 5.91 Å². The maximum absolute atomic E-state index is 12.7. The first kappa shape index (κ1) is 46.6. The molecule has 0 atom stereocenters. The third-order valence-corrected chi connectivity index (χ3v) is 9.87. The summed E-state index contributed by atoms with van der Waals surface area (Å²) in [5.41, 5.74) is 0.701. The Bertz CT molecular complexity index is 2230. The first-order valence-corrected chi connectivity index (χ1v) is 20.7. The summed E-state index contributed by atoms with van der Waals surface area (Å²) in [6, 6.07) is 11.8. The van der Waals surface area contributed by atoms with Gasteiger partial charge in [-0.15, -0.1) is 0 Å². The predicted octanol–water partition coefficient (Wildman–Crippen LogP) is 4.48. The number of aliphatic hydroxyl groups is 1. The summed E-state index contributed by atoms with van der Waals surface area (Å²) in [6.45, 7) is 6.30. The van der Waals surface area contributed by atoms with Crippen molar-refractivity contribution in [2.24, 2.45) is 10.3 Å². The topological polar surface area (TPSA) is 271 Å². The van der Waals surface area contributed by atoms with Crippen molar-refractivity contribution in [3.8, 4) is 0 Å². The van der Waals surface area contributed by atoms with E-state index in [0.717, 1.165) is 12.1 Å². The van der Waals surface area contributed by atoms with E-state index >= 15 is 0 Å². The number of aliphatic hydroxyl groups excluding tert-OH is 1. The molecule has 0 fully saturated rings. The van der Waals surface area contributed by atoms with Crippen LogP contribution >= 0.6 is 23.2 Å². The van der Waals surface area contributed by atoms with Gasteiger partial charge in [0.1, 0.15) is 34.2 Å². The van der Waals surface area contributed by atoms with Gasteiger partial charge in [-0.1, -0.05) is 23.2 Å². The number of ether oxygens (including phenoxy) is 3. The number of hydrogen-bond donors (Lipinski definition) is 5. The molecule has 0 aliphatic carbocycles. The zero-order valence-corrected chi connectivity index (χ0v) is 33.9.